The van der Waals surface area contributed by atoms with Crippen molar-refractivity contribution < 1.29 is 0 Å². The molecular formula is C15H22N4. The van der Waals surface area contributed by atoms with Crippen molar-refractivity contribution in [2.24, 2.45) is 7.05 Å². The highest BCUT2D eigenvalue weighted by atomic mass is 15.1. The van der Waals surface area contributed by atoms with Crippen molar-refractivity contribution in [3.05, 3.63) is 30.1 Å². The minimum absolute atomic E-state index is 0.266. The summed E-state index contributed by atoms with van der Waals surface area (Å²) in [5.74, 6) is 0. The van der Waals surface area contributed by atoms with Gasteiger partial charge in [-0.3, -0.25) is 0 Å². The van der Waals surface area contributed by atoms with E-state index in [1.54, 1.807) is 0 Å². The maximum Gasteiger partial charge on any atom is 0.0955 e. The standard InChI is InChI=1S/C15H22N4/c1-15(2)7-12(9-18-15)16-8-11-4-5-14-13(6-11)17-10-19(14)3/h4-6,10,12,16,18H,7-9H2,1-3H3. The molecule has 0 saturated carbocycles. The molecule has 102 valence electrons. The first-order valence-corrected chi connectivity index (χ1v) is 6.92. The van der Waals surface area contributed by atoms with Gasteiger partial charge >= 0.3 is 0 Å². The molecule has 0 bridgehead atoms. The smallest absolute Gasteiger partial charge is 0.0955 e. The number of nitrogens with one attached hydrogen (secondary N) is 2. The summed E-state index contributed by atoms with van der Waals surface area (Å²) in [5.41, 5.74) is 3.83. The van der Waals surface area contributed by atoms with Crippen LogP contribution in [0.2, 0.25) is 0 Å². The fourth-order valence-corrected chi connectivity index (χ4v) is 2.86. The normalized spacial score (nSPS) is 22.2. The molecule has 0 amide bonds. The number of benzene rings is 1. The zero-order valence-electron chi connectivity index (χ0n) is 11.9. The van der Waals surface area contributed by atoms with E-state index in [4.69, 9.17) is 0 Å². The Morgan fingerprint density at radius 2 is 2.32 bits per heavy atom. The minimum atomic E-state index is 0.266. The third kappa shape index (κ3) is 2.65. The summed E-state index contributed by atoms with van der Waals surface area (Å²) in [6.07, 6.45) is 3.05. The predicted octanol–water partition coefficient (Wildman–Crippen LogP) is 1.80. The molecular weight excluding hydrogens is 236 g/mol. The van der Waals surface area contributed by atoms with Crippen molar-refractivity contribution in [2.75, 3.05) is 6.54 Å². The lowest BCUT2D eigenvalue weighted by atomic mass is 10.0. The molecule has 1 aliphatic rings. The lowest BCUT2D eigenvalue weighted by molar-refractivity contribution is 0.442. The summed E-state index contributed by atoms with van der Waals surface area (Å²) in [4.78, 5) is 4.40. The van der Waals surface area contributed by atoms with Crippen LogP contribution in [0.4, 0.5) is 0 Å². The average Bonchev–Trinajstić information content (AvgIpc) is 2.90. The highest BCUT2D eigenvalue weighted by molar-refractivity contribution is 5.75. The van der Waals surface area contributed by atoms with Crippen LogP contribution >= 0.6 is 0 Å². The second-order valence-corrected chi connectivity index (χ2v) is 6.23. The summed E-state index contributed by atoms with van der Waals surface area (Å²) in [6, 6.07) is 7.07. The van der Waals surface area contributed by atoms with Crippen molar-refractivity contribution in [2.45, 2.75) is 38.4 Å². The Balaban J connectivity index is 1.66. The molecule has 2 heterocycles. The quantitative estimate of drug-likeness (QED) is 0.882. The molecule has 0 spiro atoms. The van der Waals surface area contributed by atoms with E-state index in [2.05, 4.69) is 52.2 Å². The first-order chi connectivity index (χ1) is 9.03. The van der Waals surface area contributed by atoms with Crippen molar-refractivity contribution in [1.82, 2.24) is 20.2 Å². The molecule has 1 aromatic carbocycles. The lowest BCUT2D eigenvalue weighted by Crippen LogP contribution is -2.31. The van der Waals surface area contributed by atoms with Gasteiger partial charge in [0.2, 0.25) is 0 Å². The molecule has 0 radical (unpaired) electrons. The van der Waals surface area contributed by atoms with E-state index in [9.17, 15) is 0 Å². The fourth-order valence-electron chi connectivity index (χ4n) is 2.86. The highest BCUT2D eigenvalue weighted by Gasteiger charge is 2.29. The molecule has 1 saturated heterocycles. The third-order valence-electron chi connectivity index (χ3n) is 3.97. The van der Waals surface area contributed by atoms with Gasteiger partial charge in [0.05, 0.1) is 17.4 Å². The Labute approximate surface area is 114 Å². The number of rotatable bonds is 3. The minimum Gasteiger partial charge on any atom is -0.334 e. The first kappa shape index (κ1) is 12.6. The molecule has 1 aliphatic heterocycles. The fraction of sp³-hybridized carbons (Fsp3) is 0.533. The van der Waals surface area contributed by atoms with Gasteiger partial charge in [0.1, 0.15) is 0 Å². The zero-order chi connectivity index (χ0) is 13.5. The largest absolute Gasteiger partial charge is 0.334 e. The molecule has 4 nitrogen and oxygen atoms in total. The SMILES string of the molecule is Cn1cnc2cc(CNC3CNC(C)(C)C3)ccc21. The Morgan fingerprint density at radius 1 is 1.47 bits per heavy atom. The molecule has 1 unspecified atom stereocenters. The Morgan fingerprint density at radius 3 is 3.05 bits per heavy atom. The number of imidazole rings is 1. The summed E-state index contributed by atoms with van der Waals surface area (Å²) >= 11 is 0. The van der Waals surface area contributed by atoms with Crippen LogP contribution in [-0.4, -0.2) is 27.7 Å². The van der Waals surface area contributed by atoms with Gasteiger partial charge in [-0.05, 0) is 38.0 Å². The average molecular weight is 258 g/mol. The summed E-state index contributed by atoms with van der Waals surface area (Å²) in [7, 11) is 2.03. The van der Waals surface area contributed by atoms with Crippen LogP contribution < -0.4 is 10.6 Å². The van der Waals surface area contributed by atoms with Crippen molar-refractivity contribution in [3.8, 4) is 0 Å². The second kappa shape index (κ2) is 4.62. The van der Waals surface area contributed by atoms with Crippen LogP contribution in [0.5, 0.6) is 0 Å². The molecule has 2 aromatic rings. The monoisotopic (exact) mass is 258 g/mol. The van der Waals surface area contributed by atoms with Gasteiger partial charge in [0.25, 0.3) is 0 Å². The molecule has 1 atom stereocenters. The number of nitrogens with zero attached hydrogens (tertiary/aromatic N) is 2. The summed E-state index contributed by atoms with van der Waals surface area (Å²) < 4.78 is 2.05. The maximum absolute atomic E-state index is 4.40. The van der Waals surface area contributed by atoms with E-state index in [1.165, 1.54) is 17.5 Å². The Kier molecular flexibility index (Phi) is 3.07. The van der Waals surface area contributed by atoms with Gasteiger partial charge in [-0.15, -0.1) is 0 Å². The van der Waals surface area contributed by atoms with Crippen LogP contribution in [0, 0.1) is 0 Å². The van der Waals surface area contributed by atoms with Crippen LogP contribution in [0.3, 0.4) is 0 Å². The van der Waals surface area contributed by atoms with E-state index in [1.807, 2.05) is 13.4 Å². The van der Waals surface area contributed by atoms with Crippen LogP contribution in [0.1, 0.15) is 25.8 Å². The van der Waals surface area contributed by atoms with Crippen molar-refractivity contribution >= 4 is 11.0 Å². The molecule has 0 aliphatic carbocycles. The number of hydrogen-bond donors (Lipinski definition) is 2. The van der Waals surface area contributed by atoms with Gasteiger partial charge < -0.3 is 15.2 Å². The van der Waals surface area contributed by atoms with E-state index >= 15 is 0 Å². The molecule has 2 N–H and O–H groups in total. The van der Waals surface area contributed by atoms with Gasteiger partial charge in [0, 0.05) is 31.7 Å². The Bertz CT molecular complexity index is 585. The highest BCUT2D eigenvalue weighted by Crippen LogP contribution is 2.19. The van der Waals surface area contributed by atoms with Crippen molar-refractivity contribution in [1.29, 1.82) is 0 Å². The van der Waals surface area contributed by atoms with Crippen LogP contribution in [-0.2, 0) is 13.6 Å². The van der Waals surface area contributed by atoms with Crippen molar-refractivity contribution in [3.63, 3.8) is 0 Å². The van der Waals surface area contributed by atoms with Gasteiger partial charge in [-0.1, -0.05) is 6.07 Å². The Hall–Kier alpha value is -1.39. The third-order valence-corrected chi connectivity index (χ3v) is 3.97. The first-order valence-electron chi connectivity index (χ1n) is 6.92. The number of aromatic nitrogens is 2. The summed E-state index contributed by atoms with van der Waals surface area (Å²) in [5, 5.41) is 7.16. The summed E-state index contributed by atoms with van der Waals surface area (Å²) in [6.45, 7) is 6.48. The number of hydrogen-bond acceptors (Lipinski definition) is 3. The lowest BCUT2D eigenvalue weighted by Gasteiger charge is -2.17. The van der Waals surface area contributed by atoms with Crippen LogP contribution in [0.15, 0.2) is 24.5 Å². The molecule has 4 heteroatoms. The van der Waals surface area contributed by atoms with Gasteiger partial charge in [-0.25, -0.2) is 4.98 Å². The molecule has 3 rings (SSSR count). The van der Waals surface area contributed by atoms with Gasteiger partial charge in [0.15, 0.2) is 0 Å². The molecule has 1 aromatic heterocycles. The zero-order valence-corrected chi connectivity index (χ0v) is 11.9. The van der Waals surface area contributed by atoms with E-state index in [0.29, 0.717) is 6.04 Å². The van der Waals surface area contributed by atoms with E-state index in [0.717, 1.165) is 18.6 Å². The van der Waals surface area contributed by atoms with Crippen LogP contribution in [0.25, 0.3) is 11.0 Å². The molecule has 19 heavy (non-hydrogen) atoms. The topological polar surface area (TPSA) is 41.9 Å². The molecule has 1 fully saturated rings. The van der Waals surface area contributed by atoms with E-state index < -0.39 is 0 Å². The number of fused-ring (bicyclic) bond motifs is 1. The predicted molar refractivity (Wildman–Crippen MR) is 78.0 cm³/mol. The van der Waals surface area contributed by atoms with Gasteiger partial charge in [-0.2, -0.15) is 0 Å². The second-order valence-electron chi connectivity index (χ2n) is 6.23. The maximum atomic E-state index is 4.40. The number of aryl methyl sites for hydroxylation is 1. The van der Waals surface area contributed by atoms with E-state index in [-0.39, 0.29) is 5.54 Å².